The van der Waals surface area contributed by atoms with E-state index in [1.54, 1.807) is 17.0 Å². The van der Waals surface area contributed by atoms with E-state index in [-0.39, 0.29) is 18.4 Å². The first kappa shape index (κ1) is 21.4. The summed E-state index contributed by atoms with van der Waals surface area (Å²) in [5.41, 5.74) is 1.38. The van der Waals surface area contributed by atoms with Crippen LogP contribution >= 0.6 is 22.9 Å². The maximum absolute atomic E-state index is 13.2. The van der Waals surface area contributed by atoms with Crippen LogP contribution in [0.15, 0.2) is 60.7 Å². The molecule has 1 saturated heterocycles. The average Bonchev–Trinajstić information content (AvgIpc) is 3.24. The lowest BCUT2D eigenvalue weighted by molar-refractivity contribution is 0.0535. The van der Waals surface area contributed by atoms with Gasteiger partial charge in [0.25, 0.3) is 11.8 Å². The molecule has 1 aromatic heterocycles. The number of hydrogen-bond donors (Lipinski definition) is 0. The average molecular weight is 455 g/mol. The first-order valence-electron chi connectivity index (χ1n) is 10.1. The van der Waals surface area contributed by atoms with Crippen LogP contribution in [0.1, 0.15) is 30.5 Å². The lowest BCUT2D eigenvalue weighted by Crippen LogP contribution is -2.50. The van der Waals surface area contributed by atoms with Crippen LogP contribution in [0.2, 0.25) is 5.02 Å². The third-order valence-electron chi connectivity index (χ3n) is 5.26. The number of piperazine rings is 1. The number of carbonyl (C=O) groups excluding carboxylic acids is 2. The van der Waals surface area contributed by atoms with Gasteiger partial charge in [0.2, 0.25) is 0 Å². The van der Waals surface area contributed by atoms with E-state index < -0.39 is 0 Å². The van der Waals surface area contributed by atoms with Crippen molar-refractivity contribution in [1.82, 2.24) is 9.80 Å². The Bertz CT molecular complexity index is 1090. The summed E-state index contributed by atoms with van der Waals surface area (Å²) < 4.78 is 5.94. The van der Waals surface area contributed by atoms with Crippen molar-refractivity contribution in [1.29, 1.82) is 0 Å². The molecule has 1 aliphatic rings. The van der Waals surface area contributed by atoms with Gasteiger partial charge in [-0.05, 0) is 37.3 Å². The molecule has 2 aromatic carbocycles. The molecule has 7 heteroatoms. The molecule has 0 radical (unpaired) electrons. The zero-order valence-electron chi connectivity index (χ0n) is 17.2. The molecule has 2 amide bonds. The second kappa shape index (κ2) is 9.54. The van der Waals surface area contributed by atoms with Crippen LogP contribution in [-0.2, 0) is 6.61 Å². The fourth-order valence-corrected chi connectivity index (χ4v) is 4.55. The van der Waals surface area contributed by atoms with E-state index in [1.165, 1.54) is 11.3 Å². The quantitative estimate of drug-likeness (QED) is 0.551. The number of carbonyl (C=O) groups is 2. The maximum Gasteiger partial charge on any atom is 0.264 e. The van der Waals surface area contributed by atoms with E-state index in [0.717, 1.165) is 15.3 Å². The van der Waals surface area contributed by atoms with Crippen molar-refractivity contribution in [2.75, 3.05) is 26.2 Å². The van der Waals surface area contributed by atoms with Gasteiger partial charge < -0.3 is 14.5 Å². The van der Waals surface area contributed by atoms with Crippen molar-refractivity contribution in [3.8, 4) is 5.75 Å². The Balaban J connectivity index is 1.40. The van der Waals surface area contributed by atoms with Crippen molar-refractivity contribution in [2.24, 2.45) is 0 Å². The molecule has 1 aliphatic heterocycles. The van der Waals surface area contributed by atoms with Crippen LogP contribution in [0.25, 0.3) is 0 Å². The molecule has 0 bridgehead atoms. The number of hydrogen-bond acceptors (Lipinski definition) is 4. The van der Waals surface area contributed by atoms with E-state index in [4.69, 9.17) is 16.3 Å². The Hall–Kier alpha value is -2.83. The molecule has 1 fully saturated rings. The highest BCUT2D eigenvalue weighted by atomic mass is 35.5. The molecule has 5 nitrogen and oxygen atoms in total. The maximum atomic E-state index is 13.2. The minimum atomic E-state index is -0.0891. The Morgan fingerprint density at radius 3 is 2.23 bits per heavy atom. The molecular formula is C24H23ClN2O3S. The summed E-state index contributed by atoms with van der Waals surface area (Å²) in [5.74, 6) is 0.475. The minimum Gasteiger partial charge on any atom is -0.488 e. The molecule has 4 rings (SSSR count). The third kappa shape index (κ3) is 4.92. The van der Waals surface area contributed by atoms with Gasteiger partial charge in [-0.2, -0.15) is 0 Å². The molecule has 0 N–H and O–H groups in total. The normalized spacial score (nSPS) is 13.9. The monoisotopic (exact) mass is 454 g/mol. The number of halogens is 1. The van der Waals surface area contributed by atoms with Crippen LogP contribution < -0.4 is 4.74 Å². The number of rotatable bonds is 5. The summed E-state index contributed by atoms with van der Waals surface area (Å²) >= 11 is 7.72. The molecule has 0 spiro atoms. The number of thiophene rings is 1. The SMILES string of the molecule is Cc1ccc(C(=O)N2CCN(C(=O)c3ccccc3OCc3ccccc3Cl)CC2)s1. The molecule has 0 unspecified atom stereocenters. The fraction of sp³-hybridized carbons (Fsp3) is 0.250. The molecule has 0 saturated carbocycles. The van der Waals surface area contributed by atoms with Crippen LogP contribution in [0, 0.1) is 6.92 Å². The molecule has 3 aromatic rings. The van der Waals surface area contributed by atoms with E-state index in [2.05, 4.69) is 0 Å². The molecule has 2 heterocycles. The fourth-order valence-electron chi connectivity index (χ4n) is 3.53. The van der Waals surface area contributed by atoms with Crippen LogP contribution in [-0.4, -0.2) is 47.8 Å². The van der Waals surface area contributed by atoms with Crippen molar-refractivity contribution in [3.05, 3.63) is 86.6 Å². The first-order chi connectivity index (χ1) is 15.0. The van der Waals surface area contributed by atoms with E-state index >= 15 is 0 Å². The number of benzene rings is 2. The Morgan fingerprint density at radius 1 is 0.903 bits per heavy atom. The number of para-hydroxylation sites is 1. The summed E-state index contributed by atoms with van der Waals surface area (Å²) in [6.07, 6.45) is 0. The number of ether oxygens (including phenoxy) is 1. The molecule has 0 aliphatic carbocycles. The third-order valence-corrected chi connectivity index (χ3v) is 6.62. The summed E-state index contributed by atoms with van der Waals surface area (Å²) in [6, 6.07) is 18.6. The Labute approximate surface area is 190 Å². The van der Waals surface area contributed by atoms with Gasteiger partial charge in [-0.3, -0.25) is 9.59 Å². The van der Waals surface area contributed by atoms with Gasteiger partial charge in [0.15, 0.2) is 0 Å². The van der Waals surface area contributed by atoms with Gasteiger partial charge in [-0.15, -0.1) is 11.3 Å². The zero-order valence-corrected chi connectivity index (χ0v) is 18.8. The van der Waals surface area contributed by atoms with Crippen LogP contribution in [0.3, 0.4) is 0 Å². The first-order valence-corrected chi connectivity index (χ1v) is 11.3. The van der Waals surface area contributed by atoms with Gasteiger partial charge in [0.1, 0.15) is 12.4 Å². The van der Waals surface area contributed by atoms with Crippen molar-refractivity contribution in [3.63, 3.8) is 0 Å². The Kier molecular flexibility index (Phi) is 6.59. The summed E-state index contributed by atoms with van der Waals surface area (Å²) in [4.78, 5) is 31.3. The lowest BCUT2D eigenvalue weighted by Gasteiger charge is -2.34. The van der Waals surface area contributed by atoms with Gasteiger partial charge >= 0.3 is 0 Å². The predicted molar refractivity (Wildman–Crippen MR) is 123 cm³/mol. The smallest absolute Gasteiger partial charge is 0.264 e. The minimum absolute atomic E-state index is 0.0358. The van der Waals surface area contributed by atoms with Gasteiger partial charge in [-0.1, -0.05) is 41.9 Å². The van der Waals surface area contributed by atoms with Gasteiger partial charge in [0, 0.05) is 41.6 Å². The number of aryl methyl sites for hydroxylation is 1. The Morgan fingerprint density at radius 2 is 1.55 bits per heavy atom. The molecule has 31 heavy (non-hydrogen) atoms. The second-order valence-electron chi connectivity index (χ2n) is 7.37. The second-order valence-corrected chi connectivity index (χ2v) is 9.07. The van der Waals surface area contributed by atoms with E-state index in [1.807, 2.05) is 60.4 Å². The van der Waals surface area contributed by atoms with Crippen molar-refractivity contribution < 1.29 is 14.3 Å². The van der Waals surface area contributed by atoms with Gasteiger partial charge in [-0.25, -0.2) is 0 Å². The van der Waals surface area contributed by atoms with Crippen LogP contribution in [0.4, 0.5) is 0 Å². The zero-order chi connectivity index (χ0) is 21.8. The molecule has 160 valence electrons. The largest absolute Gasteiger partial charge is 0.488 e. The highest BCUT2D eigenvalue weighted by molar-refractivity contribution is 7.13. The van der Waals surface area contributed by atoms with Crippen LogP contribution in [0.5, 0.6) is 5.75 Å². The summed E-state index contributed by atoms with van der Waals surface area (Å²) in [6.45, 7) is 4.30. The van der Waals surface area contributed by atoms with E-state index in [0.29, 0.717) is 42.5 Å². The predicted octanol–water partition coefficient (Wildman–Crippen LogP) is 4.89. The van der Waals surface area contributed by atoms with E-state index in [9.17, 15) is 9.59 Å². The number of nitrogens with zero attached hydrogens (tertiary/aromatic N) is 2. The molecular weight excluding hydrogens is 432 g/mol. The topological polar surface area (TPSA) is 49.9 Å². The molecule has 0 atom stereocenters. The highest BCUT2D eigenvalue weighted by Gasteiger charge is 2.27. The lowest BCUT2D eigenvalue weighted by atomic mass is 10.1. The number of amides is 2. The van der Waals surface area contributed by atoms with Crippen molar-refractivity contribution in [2.45, 2.75) is 13.5 Å². The highest BCUT2D eigenvalue weighted by Crippen LogP contribution is 2.24. The van der Waals surface area contributed by atoms with Crippen molar-refractivity contribution >= 4 is 34.8 Å². The standard InChI is InChI=1S/C24H23ClN2O3S/c1-17-10-11-22(31-17)24(29)27-14-12-26(13-15-27)23(28)19-7-3-5-9-21(19)30-16-18-6-2-4-8-20(18)25/h2-11H,12-16H2,1H3. The summed E-state index contributed by atoms with van der Waals surface area (Å²) in [7, 11) is 0. The summed E-state index contributed by atoms with van der Waals surface area (Å²) in [5, 5.41) is 0.632. The van der Waals surface area contributed by atoms with Gasteiger partial charge in [0.05, 0.1) is 10.4 Å².